The first-order valence-electron chi connectivity index (χ1n) is 10.4. The predicted molar refractivity (Wildman–Crippen MR) is 130 cm³/mol. The van der Waals surface area contributed by atoms with Gasteiger partial charge in [-0.25, -0.2) is 15.0 Å². The minimum atomic E-state index is -0.542. The second-order valence-corrected chi connectivity index (χ2v) is 7.24. The second-order valence-electron chi connectivity index (χ2n) is 7.24. The lowest BCUT2D eigenvalue weighted by Gasteiger charge is -2.14. The number of nitrogens with one attached hydrogen (secondary N) is 2. The van der Waals surface area contributed by atoms with Crippen LogP contribution in [0.3, 0.4) is 0 Å². The van der Waals surface area contributed by atoms with Crippen molar-refractivity contribution in [2.45, 2.75) is 6.92 Å². The molecule has 1 aromatic carbocycles. The van der Waals surface area contributed by atoms with Gasteiger partial charge in [-0.15, -0.1) is 10.2 Å². The Morgan fingerprint density at radius 3 is 2.42 bits per heavy atom. The summed E-state index contributed by atoms with van der Waals surface area (Å²) < 4.78 is 1.29. The molecule has 0 aliphatic heterocycles. The van der Waals surface area contributed by atoms with Crippen molar-refractivity contribution in [2.75, 3.05) is 17.7 Å². The Morgan fingerprint density at radius 2 is 1.81 bits per heavy atom. The summed E-state index contributed by atoms with van der Waals surface area (Å²) in [6.07, 6.45) is 4.42. The van der Waals surface area contributed by atoms with E-state index >= 15 is 0 Å². The van der Waals surface area contributed by atoms with Crippen molar-refractivity contribution >= 4 is 34.7 Å². The highest BCUT2D eigenvalue weighted by Crippen LogP contribution is 2.36. The average Bonchev–Trinajstić information content (AvgIpc) is 3.31. The fraction of sp³-hybridized carbons (Fsp3) is 0.0870. The zero-order valence-electron chi connectivity index (χ0n) is 19.1. The van der Waals surface area contributed by atoms with Crippen LogP contribution in [0.4, 0.5) is 28.8 Å². The molecule has 0 unspecified atom stereocenters. The molecule has 0 radical (unpaired) electrons. The molecule has 13 nitrogen and oxygen atoms in total. The summed E-state index contributed by atoms with van der Waals surface area (Å²) in [5.41, 5.74) is 7.45. The number of hydrogen-bond acceptors (Lipinski definition) is 11. The Morgan fingerprint density at radius 1 is 1.08 bits per heavy atom. The fourth-order valence-corrected chi connectivity index (χ4v) is 3.23. The molecule has 0 atom stereocenters. The first kappa shape index (κ1) is 23.5. The molecule has 0 bridgehead atoms. The van der Waals surface area contributed by atoms with Gasteiger partial charge in [-0.05, 0) is 37.3 Å². The number of benzene rings is 1. The van der Waals surface area contributed by atoms with E-state index < -0.39 is 5.91 Å². The van der Waals surface area contributed by atoms with Gasteiger partial charge in [-0.3, -0.25) is 4.79 Å². The molecular weight excluding hydrogens is 460 g/mol. The molecule has 4 N–H and O–H groups in total. The maximum atomic E-state index is 11.3. The van der Waals surface area contributed by atoms with Gasteiger partial charge in [0.25, 0.3) is 5.95 Å². The SMILES string of the molecule is CNc1nc(Nc2ccc(C(N)=O)cc2)c(C#N)c(C)c1N=Nc1c(C#N)cnn1-c1ncccn1. The summed E-state index contributed by atoms with van der Waals surface area (Å²) in [6.45, 7) is 1.71. The van der Waals surface area contributed by atoms with Crippen molar-refractivity contribution in [3.05, 3.63) is 71.2 Å². The van der Waals surface area contributed by atoms with Crippen LogP contribution in [0.5, 0.6) is 0 Å². The number of aromatic nitrogens is 5. The molecule has 0 spiro atoms. The van der Waals surface area contributed by atoms with E-state index in [1.54, 1.807) is 44.3 Å². The summed E-state index contributed by atoms with van der Waals surface area (Å²) in [7, 11) is 1.65. The Kier molecular flexibility index (Phi) is 6.56. The Bertz CT molecular complexity index is 1540. The minimum absolute atomic E-state index is 0.125. The van der Waals surface area contributed by atoms with Gasteiger partial charge in [0.2, 0.25) is 5.91 Å². The van der Waals surface area contributed by atoms with E-state index in [9.17, 15) is 15.3 Å². The first-order chi connectivity index (χ1) is 17.5. The topological polar surface area (TPSA) is 196 Å². The number of hydrogen-bond donors (Lipinski definition) is 3. The lowest BCUT2D eigenvalue weighted by Crippen LogP contribution is -2.10. The number of rotatable bonds is 7. The number of nitriles is 2. The molecule has 3 heterocycles. The van der Waals surface area contributed by atoms with Crippen LogP contribution in [0.1, 0.15) is 27.0 Å². The molecule has 3 aromatic heterocycles. The highest BCUT2D eigenvalue weighted by Gasteiger charge is 2.19. The van der Waals surface area contributed by atoms with Crippen molar-refractivity contribution in [3.8, 4) is 18.1 Å². The molecule has 0 aliphatic carbocycles. The van der Waals surface area contributed by atoms with E-state index in [0.717, 1.165) is 0 Å². The fourth-order valence-electron chi connectivity index (χ4n) is 3.23. The van der Waals surface area contributed by atoms with Crippen molar-refractivity contribution in [1.82, 2.24) is 24.7 Å². The van der Waals surface area contributed by atoms with Crippen LogP contribution in [0.25, 0.3) is 5.95 Å². The molecule has 36 heavy (non-hydrogen) atoms. The standard InChI is InChI=1S/C23H18N12O/c1-13-17(11-25)20(31-16-6-4-14(5-7-16)19(26)36)32-21(27-2)18(13)33-34-22-15(10-24)12-30-35(22)23-28-8-3-9-29-23/h3-9,12H,1-2H3,(H2,26,36)(H2,27,31,32). The molecule has 4 aromatic rings. The van der Waals surface area contributed by atoms with E-state index in [0.29, 0.717) is 28.3 Å². The summed E-state index contributed by atoms with van der Waals surface area (Å²) in [6, 6.07) is 12.3. The van der Waals surface area contributed by atoms with Crippen LogP contribution in [-0.2, 0) is 0 Å². The number of pyridine rings is 1. The number of azo groups is 1. The summed E-state index contributed by atoms with van der Waals surface area (Å²) >= 11 is 0. The second kappa shape index (κ2) is 10.1. The van der Waals surface area contributed by atoms with Gasteiger partial charge in [0.1, 0.15) is 23.4 Å². The highest BCUT2D eigenvalue weighted by molar-refractivity contribution is 5.93. The molecule has 0 saturated heterocycles. The molecule has 0 fully saturated rings. The monoisotopic (exact) mass is 478 g/mol. The molecule has 0 aliphatic rings. The maximum absolute atomic E-state index is 11.3. The smallest absolute Gasteiger partial charge is 0.252 e. The van der Waals surface area contributed by atoms with Crippen LogP contribution in [0, 0.1) is 29.6 Å². The number of primary amides is 1. The van der Waals surface area contributed by atoms with Crippen LogP contribution in [0.2, 0.25) is 0 Å². The summed E-state index contributed by atoms with van der Waals surface area (Å²) in [5.74, 6) is 0.425. The number of carbonyl (C=O) groups is 1. The van der Waals surface area contributed by atoms with Gasteiger partial charge in [0, 0.05) is 36.3 Å². The third kappa shape index (κ3) is 4.52. The minimum Gasteiger partial charge on any atom is -0.371 e. The van der Waals surface area contributed by atoms with Crippen molar-refractivity contribution in [1.29, 1.82) is 10.5 Å². The largest absolute Gasteiger partial charge is 0.371 e. The molecule has 4 rings (SSSR count). The van der Waals surface area contributed by atoms with Crippen LogP contribution in [0.15, 0.2) is 59.2 Å². The Hall–Kier alpha value is -5.69. The number of nitrogens with zero attached hydrogens (tertiary/aromatic N) is 9. The molecule has 1 amide bonds. The van der Waals surface area contributed by atoms with Crippen molar-refractivity contribution in [2.24, 2.45) is 16.0 Å². The third-order valence-corrected chi connectivity index (χ3v) is 5.05. The molecule has 0 saturated carbocycles. The number of anilines is 3. The third-order valence-electron chi connectivity index (χ3n) is 5.05. The van der Waals surface area contributed by atoms with E-state index in [2.05, 4.69) is 47.0 Å². The van der Waals surface area contributed by atoms with Crippen LogP contribution < -0.4 is 16.4 Å². The lowest BCUT2D eigenvalue weighted by atomic mass is 10.1. The first-order valence-corrected chi connectivity index (χ1v) is 10.4. The van der Waals surface area contributed by atoms with Gasteiger partial charge < -0.3 is 16.4 Å². The Balaban J connectivity index is 1.75. The van der Waals surface area contributed by atoms with Crippen LogP contribution in [-0.4, -0.2) is 37.7 Å². The van der Waals surface area contributed by atoms with E-state index in [1.165, 1.54) is 23.3 Å². The maximum Gasteiger partial charge on any atom is 0.252 e. The molecular formula is C23H18N12O. The highest BCUT2D eigenvalue weighted by atomic mass is 16.1. The van der Waals surface area contributed by atoms with Crippen molar-refractivity contribution in [3.63, 3.8) is 0 Å². The summed E-state index contributed by atoms with van der Waals surface area (Å²) in [5, 5.41) is 38.1. The zero-order valence-corrected chi connectivity index (χ0v) is 19.1. The van der Waals surface area contributed by atoms with Gasteiger partial charge in [0.15, 0.2) is 17.5 Å². The van der Waals surface area contributed by atoms with Gasteiger partial charge >= 0.3 is 0 Å². The number of carbonyl (C=O) groups excluding carboxylic acids is 1. The van der Waals surface area contributed by atoms with E-state index in [-0.39, 0.29) is 28.7 Å². The van der Waals surface area contributed by atoms with E-state index in [1.807, 2.05) is 6.07 Å². The molecule has 176 valence electrons. The predicted octanol–water partition coefficient (Wildman–Crippen LogP) is 3.41. The van der Waals surface area contributed by atoms with Gasteiger partial charge in [-0.2, -0.15) is 20.3 Å². The quantitative estimate of drug-likeness (QED) is 0.333. The molecule has 13 heteroatoms. The Labute approximate surface area is 205 Å². The van der Waals surface area contributed by atoms with Gasteiger partial charge in [0.05, 0.1) is 11.8 Å². The lowest BCUT2D eigenvalue weighted by molar-refractivity contribution is 0.100. The van der Waals surface area contributed by atoms with E-state index in [4.69, 9.17) is 5.73 Å². The number of nitrogens with two attached hydrogens (primary N) is 1. The van der Waals surface area contributed by atoms with Crippen molar-refractivity contribution < 1.29 is 4.79 Å². The number of amides is 1. The average molecular weight is 478 g/mol. The summed E-state index contributed by atoms with van der Waals surface area (Å²) in [4.78, 5) is 24.1. The van der Waals surface area contributed by atoms with Gasteiger partial charge in [-0.1, -0.05) is 0 Å². The normalized spacial score (nSPS) is 10.6. The zero-order chi connectivity index (χ0) is 25.7. The van der Waals surface area contributed by atoms with Crippen LogP contribution >= 0.6 is 0 Å².